The number of halogens is 7. The molecule has 194 valence electrons. The van der Waals surface area contributed by atoms with Crippen LogP contribution in [0.25, 0.3) is 11.1 Å². The van der Waals surface area contributed by atoms with E-state index in [-0.39, 0.29) is 17.7 Å². The second-order valence-electron chi connectivity index (χ2n) is 8.68. The number of aryl methyl sites for hydroxylation is 2. The van der Waals surface area contributed by atoms with Crippen LogP contribution in [0.5, 0.6) is 5.75 Å². The van der Waals surface area contributed by atoms with Crippen LogP contribution in [-0.2, 0) is 24.7 Å². The number of carbonyl (C=O) groups is 1. The van der Waals surface area contributed by atoms with Crippen molar-refractivity contribution in [2.45, 2.75) is 44.5 Å². The summed E-state index contributed by atoms with van der Waals surface area (Å²) in [6.07, 6.45) is 2.83. The fourth-order valence-electron chi connectivity index (χ4n) is 4.41. The summed E-state index contributed by atoms with van der Waals surface area (Å²) in [5.41, 5.74) is -5.44. The Bertz CT molecular complexity index is 1400. The Morgan fingerprint density at radius 3 is 2.05 bits per heavy atom. The van der Waals surface area contributed by atoms with Crippen LogP contribution in [0.15, 0.2) is 55.1 Å². The fourth-order valence-corrected chi connectivity index (χ4v) is 4.41. The molecular weight excluding hydrogens is 501 g/mol. The molecule has 3 aromatic carbocycles. The zero-order valence-electron chi connectivity index (χ0n) is 19.6. The first kappa shape index (κ1) is 26.4. The van der Waals surface area contributed by atoms with Crippen molar-refractivity contribution in [2.24, 2.45) is 0 Å². The summed E-state index contributed by atoms with van der Waals surface area (Å²) in [4.78, 5) is 12.6. The number of hydrogen-bond donors (Lipinski definition) is 0. The quantitative estimate of drug-likeness (QED) is 0.135. The van der Waals surface area contributed by atoms with Crippen molar-refractivity contribution in [3.05, 3.63) is 100 Å². The zero-order chi connectivity index (χ0) is 27.1. The molecule has 0 aromatic heterocycles. The lowest BCUT2D eigenvalue weighted by molar-refractivity contribution is -0.227. The summed E-state index contributed by atoms with van der Waals surface area (Å²) < 4.78 is 110. The van der Waals surface area contributed by atoms with Gasteiger partial charge in [-0.15, -0.1) is 6.58 Å². The van der Waals surface area contributed by atoms with Crippen molar-refractivity contribution in [1.29, 1.82) is 0 Å². The molecule has 0 N–H and O–H groups in total. The van der Waals surface area contributed by atoms with Crippen LogP contribution in [0.1, 0.15) is 52.4 Å². The maximum Gasteiger partial charge on any atom is 0.346 e. The van der Waals surface area contributed by atoms with E-state index in [0.29, 0.717) is 24.8 Å². The minimum atomic E-state index is -5.18. The third-order valence-corrected chi connectivity index (χ3v) is 6.27. The molecule has 2 nitrogen and oxygen atoms in total. The first-order valence-corrected chi connectivity index (χ1v) is 11.5. The third kappa shape index (κ3) is 4.30. The van der Waals surface area contributed by atoms with Crippen LogP contribution in [-0.4, -0.2) is 5.97 Å². The second-order valence-corrected chi connectivity index (χ2v) is 8.68. The largest absolute Gasteiger partial charge is 0.423 e. The van der Waals surface area contributed by atoms with Gasteiger partial charge in [-0.05, 0) is 53.6 Å². The molecule has 1 aliphatic rings. The molecule has 9 heteroatoms. The molecule has 0 fully saturated rings. The van der Waals surface area contributed by atoms with Gasteiger partial charge in [-0.2, -0.15) is 17.6 Å². The standard InChI is InChI=1S/C28H21F7O2/c1-3-5-7-15-8-10-17(14-21(15)29)37-26(36)20-13-12-19-18-11-9-16(6-4-2)24(30)22(18)27(32,33)28(34,35)23(19)25(20)31/h3,8-14H,1,4-7H2,2H3. The lowest BCUT2D eigenvalue weighted by Crippen LogP contribution is -2.41. The van der Waals surface area contributed by atoms with Crippen molar-refractivity contribution in [2.75, 3.05) is 0 Å². The SMILES string of the molecule is C=CCCc1ccc(OC(=O)c2ccc3c(c2F)C(F)(F)C(F)(F)c2c-3ccc(CCC)c2F)cc1F. The first-order chi connectivity index (χ1) is 17.4. The summed E-state index contributed by atoms with van der Waals surface area (Å²) in [6.45, 7) is 5.20. The molecule has 0 radical (unpaired) electrons. The van der Waals surface area contributed by atoms with Gasteiger partial charge in [0.05, 0.1) is 16.7 Å². The minimum Gasteiger partial charge on any atom is -0.423 e. The lowest BCUT2D eigenvalue weighted by atomic mass is 9.78. The highest BCUT2D eigenvalue weighted by Gasteiger charge is 2.65. The Morgan fingerprint density at radius 1 is 0.865 bits per heavy atom. The maximum absolute atomic E-state index is 15.3. The number of ether oxygens (including phenoxy) is 1. The zero-order valence-corrected chi connectivity index (χ0v) is 19.6. The molecule has 37 heavy (non-hydrogen) atoms. The van der Waals surface area contributed by atoms with E-state index in [1.807, 2.05) is 0 Å². The Balaban J connectivity index is 1.77. The fraction of sp³-hybridized carbons (Fsp3) is 0.250. The number of carbonyl (C=O) groups excluding carboxylic acids is 1. The highest BCUT2D eigenvalue weighted by molar-refractivity contribution is 5.93. The highest BCUT2D eigenvalue weighted by atomic mass is 19.3. The van der Waals surface area contributed by atoms with Gasteiger partial charge in [0.1, 0.15) is 23.2 Å². The van der Waals surface area contributed by atoms with Gasteiger partial charge in [0.2, 0.25) is 0 Å². The van der Waals surface area contributed by atoms with Crippen molar-refractivity contribution in [3.63, 3.8) is 0 Å². The number of esters is 1. The molecule has 0 unspecified atom stereocenters. The van der Waals surface area contributed by atoms with E-state index in [1.165, 1.54) is 18.2 Å². The van der Waals surface area contributed by atoms with Gasteiger partial charge in [0.15, 0.2) is 0 Å². The third-order valence-electron chi connectivity index (χ3n) is 6.27. The molecular formula is C28H21F7O2. The number of allylic oxidation sites excluding steroid dienone is 1. The molecule has 0 heterocycles. The van der Waals surface area contributed by atoms with E-state index in [0.717, 1.165) is 24.3 Å². The predicted octanol–water partition coefficient (Wildman–Crippen LogP) is 8.26. The topological polar surface area (TPSA) is 26.3 Å². The van der Waals surface area contributed by atoms with Crippen molar-refractivity contribution in [1.82, 2.24) is 0 Å². The van der Waals surface area contributed by atoms with Crippen LogP contribution < -0.4 is 4.74 Å². The molecule has 0 bridgehead atoms. The molecule has 4 rings (SSSR count). The van der Waals surface area contributed by atoms with Gasteiger partial charge in [-0.25, -0.2) is 18.0 Å². The van der Waals surface area contributed by atoms with Crippen molar-refractivity contribution < 1.29 is 40.3 Å². The summed E-state index contributed by atoms with van der Waals surface area (Å²) in [5, 5.41) is 0. The molecule has 0 spiro atoms. The average molecular weight is 522 g/mol. The van der Waals surface area contributed by atoms with E-state index in [4.69, 9.17) is 4.74 Å². The molecule has 3 aromatic rings. The van der Waals surface area contributed by atoms with E-state index >= 15 is 22.0 Å². The van der Waals surface area contributed by atoms with Crippen LogP contribution in [0.3, 0.4) is 0 Å². The van der Waals surface area contributed by atoms with Crippen LogP contribution >= 0.6 is 0 Å². The molecule has 0 atom stereocenters. The van der Waals surface area contributed by atoms with Gasteiger partial charge in [0, 0.05) is 6.07 Å². The van der Waals surface area contributed by atoms with Gasteiger partial charge in [-0.1, -0.05) is 43.7 Å². The van der Waals surface area contributed by atoms with Gasteiger partial charge in [0.25, 0.3) is 0 Å². The number of benzene rings is 3. The lowest BCUT2D eigenvalue weighted by Gasteiger charge is -2.35. The molecule has 0 saturated heterocycles. The summed E-state index contributed by atoms with van der Waals surface area (Å²) in [6, 6.07) is 7.28. The van der Waals surface area contributed by atoms with Crippen LogP contribution in [0, 0.1) is 17.5 Å². The second kappa shape index (κ2) is 9.68. The van der Waals surface area contributed by atoms with Gasteiger partial charge in [-0.3, -0.25) is 0 Å². The Hall–Kier alpha value is -3.62. The maximum atomic E-state index is 15.3. The molecule has 0 saturated carbocycles. The monoisotopic (exact) mass is 522 g/mol. The Labute approximate surface area is 208 Å². The van der Waals surface area contributed by atoms with E-state index < -0.39 is 63.1 Å². The van der Waals surface area contributed by atoms with Gasteiger partial charge >= 0.3 is 17.8 Å². The number of hydrogen-bond acceptors (Lipinski definition) is 2. The van der Waals surface area contributed by atoms with E-state index in [9.17, 15) is 13.6 Å². The summed E-state index contributed by atoms with van der Waals surface area (Å²) >= 11 is 0. The van der Waals surface area contributed by atoms with E-state index in [2.05, 4.69) is 6.58 Å². The van der Waals surface area contributed by atoms with Crippen LogP contribution in [0.2, 0.25) is 0 Å². The predicted molar refractivity (Wildman–Crippen MR) is 123 cm³/mol. The minimum absolute atomic E-state index is 0.0442. The normalized spacial score (nSPS) is 15.0. The molecule has 0 amide bonds. The van der Waals surface area contributed by atoms with Crippen molar-refractivity contribution >= 4 is 5.97 Å². The highest BCUT2D eigenvalue weighted by Crippen LogP contribution is 2.59. The van der Waals surface area contributed by atoms with Gasteiger partial charge < -0.3 is 4.74 Å². The van der Waals surface area contributed by atoms with E-state index in [1.54, 1.807) is 13.0 Å². The summed E-state index contributed by atoms with van der Waals surface area (Å²) in [7, 11) is 0. The first-order valence-electron chi connectivity index (χ1n) is 11.5. The number of fused-ring (bicyclic) bond motifs is 3. The van der Waals surface area contributed by atoms with Crippen molar-refractivity contribution in [3.8, 4) is 16.9 Å². The Kier molecular flexibility index (Phi) is 6.92. The summed E-state index contributed by atoms with van der Waals surface area (Å²) in [5.74, 6) is -16.2. The Morgan fingerprint density at radius 2 is 1.46 bits per heavy atom. The average Bonchev–Trinajstić information content (AvgIpc) is 2.83. The number of alkyl halides is 4. The number of rotatable bonds is 7. The van der Waals surface area contributed by atoms with Crippen LogP contribution in [0.4, 0.5) is 30.7 Å². The smallest absolute Gasteiger partial charge is 0.346 e. The molecule has 0 aliphatic heterocycles. The molecule has 1 aliphatic carbocycles.